The highest BCUT2D eigenvalue weighted by Gasteiger charge is 2.30. The van der Waals surface area contributed by atoms with E-state index in [0.717, 1.165) is 12.8 Å². The van der Waals surface area contributed by atoms with Gasteiger partial charge in [-0.25, -0.2) is 0 Å². The van der Waals surface area contributed by atoms with Crippen LogP contribution >= 0.6 is 0 Å². The van der Waals surface area contributed by atoms with Gasteiger partial charge in [0.1, 0.15) is 18.8 Å². The van der Waals surface area contributed by atoms with Gasteiger partial charge in [0.05, 0.1) is 6.61 Å². The number of carbonyl (C=O) groups excluding carboxylic acids is 2. The molecule has 0 bridgehead atoms. The minimum absolute atomic E-state index is 0.0191. The molecule has 0 amide bonds. The number of carbonyl (C=O) groups is 2. The molecule has 0 N–H and O–H groups in total. The monoisotopic (exact) mass is 286 g/mol. The second-order valence-electron chi connectivity index (χ2n) is 4.53. The van der Waals surface area contributed by atoms with Gasteiger partial charge in [0.15, 0.2) is 6.29 Å². The van der Waals surface area contributed by atoms with E-state index in [-0.39, 0.29) is 6.61 Å². The third-order valence-electron chi connectivity index (χ3n) is 2.67. The standard InChI is InChI=1S/C14H22O6/c1-4-5-8-17-14-7-6-12(19-11(3)16)13(20-14)9-18-10(2)15/h6-7,12-14H,4-5,8-9H2,1-3H3/t12-,13+,14?/m0/s1. The Hall–Kier alpha value is -1.40. The van der Waals surface area contributed by atoms with Crippen molar-refractivity contribution in [1.29, 1.82) is 0 Å². The third-order valence-corrected chi connectivity index (χ3v) is 2.67. The van der Waals surface area contributed by atoms with Crippen LogP contribution in [0.2, 0.25) is 0 Å². The molecule has 6 heteroatoms. The van der Waals surface area contributed by atoms with E-state index in [1.807, 2.05) is 0 Å². The second-order valence-corrected chi connectivity index (χ2v) is 4.53. The normalized spacial score (nSPS) is 25.2. The molecule has 1 aliphatic rings. The van der Waals surface area contributed by atoms with Gasteiger partial charge < -0.3 is 18.9 Å². The summed E-state index contributed by atoms with van der Waals surface area (Å²) in [5.74, 6) is -0.824. The molecule has 0 saturated carbocycles. The van der Waals surface area contributed by atoms with E-state index in [1.165, 1.54) is 13.8 Å². The number of esters is 2. The summed E-state index contributed by atoms with van der Waals surface area (Å²) in [6, 6.07) is 0. The smallest absolute Gasteiger partial charge is 0.303 e. The fraction of sp³-hybridized carbons (Fsp3) is 0.714. The highest BCUT2D eigenvalue weighted by molar-refractivity contribution is 5.66. The average molecular weight is 286 g/mol. The Morgan fingerprint density at radius 1 is 1.20 bits per heavy atom. The summed E-state index contributed by atoms with van der Waals surface area (Å²) in [5.41, 5.74) is 0. The largest absolute Gasteiger partial charge is 0.463 e. The summed E-state index contributed by atoms with van der Waals surface area (Å²) < 4.78 is 21.2. The van der Waals surface area contributed by atoms with Crippen LogP contribution in [0.3, 0.4) is 0 Å². The SMILES string of the molecule is CCCCOC1C=C[C@H](OC(C)=O)[C@@H](COC(C)=O)O1. The van der Waals surface area contributed by atoms with Gasteiger partial charge in [0, 0.05) is 13.8 Å². The first kappa shape index (κ1) is 16.7. The molecule has 0 saturated heterocycles. The topological polar surface area (TPSA) is 71.1 Å². The summed E-state index contributed by atoms with van der Waals surface area (Å²) in [6.07, 6.45) is 3.74. The van der Waals surface area contributed by atoms with Crippen LogP contribution in [0.4, 0.5) is 0 Å². The van der Waals surface area contributed by atoms with Crippen molar-refractivity contribution in [3.05, 3.63) is 12.2 Å². The molecule has 0 spiro atoms. The van der Waals surface area contributed by atoms with Crippen LogP contribution in [-0.2, 0) is 28.5 Å². The Kier molecular flexibility index (Phi) is 7.25. The van der Waals surface area contributed by atoms with E-state index in [1.54, 1.807) is 12.2 Å². The number of unbranched alkanes of at least 4 members (excludes halogenated alkanes) is 1. The Balaban J connectivity index is 2.56. The highest BCUT2D eigenvalue weighted by atomic mass is 16.7. The first-order valence-electron chi connectivity index (χ1n) is 6.79. The van der Waals surface area contributed by atoms with Gasteiger partial charge in [-0.3, -0.25) is 9.59 Å². The molecule has 0 radical (unpaired) electrons. The Morgan fingerprint density at radius 2 is 1.95 bits per heavy atom. The summed E-state index contributed by atoms with van der Waals surface area (Å²) in [6.45, 7) is 5.31. The summed E-state index contributed by atoms with van der Waals surface area (Å²) in [5, 5.41) is 0. The molecule has 0 aromatic heterocycles. The van der Waals surface area contributed by atoms with Gasteiger partial charge in [0.25, 0.3) is 0 Å². The Labute approximate surface area is 119 Å². The van der Waals surface area contributed by atoms with Crippen LogP contribution in [0, 0.1) is 0 Å². The zero-order chi connectivity index (χ0) is 15.0. The van der Waals surface area contributed by atoms with Gasteiger partial charge in [-0.05, 0) is 18.6 Å². The van der Waals surface area contributed by atoms with E-state index in [9.17, 15) is 9.59 Å². The van der Waals surface area contributed by atoms with E-state index >= 15 is 0 Å². The lowest BCUT2D eigenvalue weighted by atomic mass is 10.1. The lowest BCUT2D eigenvalue weighted by Crippen LogP contribution is -2.42. The predicted octanol–water partition coefficient (Wildman–Crippen LogP) is 1.58. The number of hydrogen-bond donors (Lipinski definition) is 0. The first-order valence-corrected chi connectivity index (χ1v) is 6.79. The molecular weight excluding hydrogens is 264 g/mol. The van der Waals surface area contributed by atoms with Gasteiger partial charge in [-0.1, -0.05) is 13.3 Å². The van der Waals surface area contributed by atoms with E-state index in [0.29, 0.717) is 6.61 Å². The lowest BCUT2D eigenvalue weighted by molar-refractivity contribution is -0.197. The molecule has 20 heavy (non-hydrogen) atoms. The molecule has 114 valence electrons. The van der Waals surface area contributed by atoms with E-state index in [4.69, 9.17) is 18.9 Å². The first-order chi connectivity index (χ1) is 9.52. The van der Waals surface area contributed by atoms with Crippen LogP contribution in [0.1, 0.15) is 33.6 Å². The van der Waals surface area contributed by atoms with E-state index < -0.39 is 30.4 Å². The zero-order valence-corrected chi connectivity index (χ0v) is 12.2. The molecule has 0 aliphatic carbocycles. The highest BCUT2D eigenvalue weighted by Crippen LogP contribution is 2.18. The molecule has 0 aromatic carbocycles. The maximum Gasteiger partial charge on any atom is 0.303 e. The van der Waals surface area contributed by atoms with Crippen LogP contribution in [0.15, 0.2) is 12.2 Å². The summed E-state index contributed by atoms with van der Waals surface area (Å²) in [4.78, 5) is 21.9. The maximum absolute atomic E-state index is 11.0. The summed E-state index contributed by atoms with van der Waals surface area (Å²) >= 11 is 0. The summed E-state index contributed by atoms with van der Waals surface area (Å²) in [7, 11) is 0. The van der Waals surface area contributed by atoms with Gasteiger partial charge >= 0.3 is 11.9 Å². The lowest BCUT2D eigenvalue weighted by Gasteiger charge is -2.31. The number of hydrogen-bond acceptors (Lipinski definition) is 6. The van der Waals surface area contributed by atoms with Crippen molar-refractivity contribution >= 4 is 11.9 Å². The molecule has 1 unspecified atom stereocenters. The van der Waals surface area contributed by atoms with Crippen LogP contribution in [0.5, 0.6) is 0 Å². The zero-order valence-electron chi connectivity index (χ0n) is 12.2. The van der Waals surface area contributed by atoms with Gasteiger partial charge in [-0.15, -0.1) is 0 Å². The minimum Gasteiger partial charge on any atom is -0.463 e. The molecule has 1 rings (SSSR count). The fourth-order valence-corrected chi connectivity index (χ4v) is 1.70. The van der Waals surface area contributed by atoms with Crippen molar-refractivity contribution in [3.63, 3.8) is 0 Å². The van der Waals surface area contributed by atoms with Crippen molar-refractivity contribution in [2.45, 2.75) is 52.1 Å². The number of rotatable bonds is 7. The van der Waals surface area contributed by atoms with Gasteiger partial charge in [0.2, 0.25) is 0 Å². The van der Waals surface area contributed by atoms with Crippen LogP contribution < -0.4 is 0 Å². The van der Waals surface area contributed by atoms with Crippen LogP contribution in [-0.4, -0.2) is 43.7 Å². The van der Waals surface area contributed by atoms with Crippen molar-refractivity contribution < 1.29 is 28.5 Å². The molecule has 1 heterocycles. The average Bonchev–Trinajstić information content (AvgIpc) is 2.38. The predicted molar refractivity (Wildman–Crippen MR) is 70.8 cm³/mol. The Morgan fingerprint density at radius 3 is 2.55 bits per heavy atom. The van der Waals surface area contributed by atoms with Crippen molar-refractivity contribution in [1.82, 2.24) is 0 Å². The Bertz CT molecular complexity index is 352. The minimum atomic E-state index is -0.571. The van der Waals surface area contributed by atoms with E-state index in [2.05, 4.69) is 6.92 Å². The fourth-order valence-electron chi connectivity index (χ4n) is 1.70. The van der Waals surface area contributed by atoms with Crippen molar-refractivity contribution in [2.24, 2.45) is 0 Å². The molecule has 6 nitrogen and oxygen atoms in total. The second kappa shape index (κ2) is 8.71. The molecule has 0 aromatic rings. The molecule has 0 fully saturated rings. The quantitative estimate of drug-likeness (QED) is 0.402. The van der Waals surface area contributed by atoms with Crippen LogP contribution in [0.25, 0.3) is 0 Å². The van der Waals surface area contributed by atoms with Crippen molar-refractivity contribution in [2.75, 3.05) is 13.2 Å². The number of ether oxygens (including phenoxy) is 4. The maximum atomic E-state index is 11.0. The molecular formula is C14H22O6. The third kappa shape index (κ3) is 6.16. The molecule has 3 atom stereocenters. The van der Waals surface area contributed by atoms with Crippen molar-refractivity contribution in [3.8, 4) is 0 Å². The molecule has 1 aliphatic heterocycles. The van der Waals surface area contributed by atoms with Gasteiger partial charge in [-0.2, -0.15) is 0 Å².